The first kappa shape index (κ1) is 8.01. The van der Waals surface area contributed by atoms with Crippen molar-refractivity contribution in [2.45, 2.75) is 18.9 Å². The second-order valence-electron chi connectivity index (χ2n) is 3.21. The van der Waals surface area contributed by atoms with E-state index in [0.717, 1.165) is 25.9 Å². The van der Waals surface area contributed by atoms with Crippen LogP contribution in [0.15, 0.2) is 11.6 Å². The molecule has 1 aromatic rings. The summed E-state index contributed by atoms with van der Waals surface area (Å²) in [7, 11) is 0. The van der Waals surface area contributed by atoms with E-state index >= 15 is 0 Å². The van der Waals surface area contributed by atoms with Crippen LogP contribution in [0.5, 0.6) is 0 Å². The van der Waals surface area contributed by atoms with Gasteiger partial charge in [0.15, 0.2) is 0 Å². The van der Waals surface area contributed by atoms with E-state index in [4.69, 9.17) is 5.73 Å². The van der Waals surface area contributed by atoms with E-state index in [1.54, 1.807) is 0 Å². The Kier molecular flexibility index (Phi) is 2.28. The van der Waals surface area contributed by atoms with E-state index in [2.05, 4.69) is 14.7 Å². The molecule has 0 radical (unpaired) electrons. The van der Waals surface area contributed by atoms with Crippen LogP contribution in [0.25, 0.3) is 0 Å². The molecule has 1 aromatic heterocycles. The van der Waals surface area contributed by atoms with Crippen LogP contribution in [0, 0.1) is 0 Å². The summed E-state index contributed by atoms with van der Waals surface area (Å²) in [5.74, 6) is 0. The van der Waals surface area contributed by atoms with E-state index in [1.807, 2.05) is 6.20 Å². The zero-order valence-corrected chi connectivity index (χ0v) is 7.76. The van der Waals surface area contributed by atoms with Crippen molar-refractivity contribution >= 4 is 17.2 Å². The molecule has 3 nitrogen and oxygen atoms in total. The van der Waals surface area contributed by atoms with Crippen LogP contribution in [0.2, 0.25) is 0 Å². The van der Waals surface area contributed by atoms with E-state index in [0.29, 0.717) is 6.04 Å². The van der Waals surface area contributed by atoms with Gasteiger partial charge in [0.2, 0.25) is 0 Å². The number of rotatable bonds is 1. The zero-order valence-electron chi connectivity index (χ0n) is 6.94. The minimum atomic E-state index is 0.410. The van der Waals surface area contributed by atoms with Crippen LogP contribution in [0.3, 0.4) is 0 Å². The van der Waals surface area contributed by atoms with Crippen LogP contribution < -0.4 is 10.6 Å². The Labute approximate surface area is 76.4 Å². The lowest BCUT2D eigenvalue weighted by Gasteiger charge is -2.30. The maximum atomic E-state index is 5.81. The number of hydrogen-bond acceptors (Lipinski definition) is 4. The van der Waals surface area contributed by atoms with Gasteiger partial charge in [-0.1, -0.05) is 0 Å². The normalized spacial score (nSPS) is 19.9. The Bertz CT molecular complexity index is 226. The SMILES string of the molecule is NC1CCN(c2cnsc2)CC1. The minimum absolute atomic E-state index is 0.410. The fourth-order valence-electron chi connectivity index (χ4n) is 1.51. The van der Waals surface area contributed by atoms with Crippen LogP contribution in [-0.4, -0.2) is 23.5 Å². The molecule has 2 rings (SSSR count). The van der Waals surface area contributed by atoms with Gasteiger partial charge < -0.3 is 10.6 Å². The Hall–Kier alpha value is -0.610. The summed E-state index contributed by atoms with van der Waals surface area (Å²) in [4.78, 5) is 2.35. The zero-order chi connectivity index (χ0) is 8.39. The van der Waals surface area contributed by atoms with Gasteiger partial charge in [0.1, 0.15) is 0 Å². The summed E-state index contributed by atoms with van der Waals surface area (Å²) >= 11 is 1.51. The van der Waals surface area contributed by atoms with Crippen molar-refractivity contribution in [1.82, 2.24) is 4.37 Å². The number of nitrogens with two attached hydrogens (primary N) is 1. The average Bonchev–Trinajstić information content (AvgIpc) is 2.58. The summed E-state index contributed by atoms with van der Waals surface area (Å²) in [5, 5.41) is 2.09. The Balaban J connectivity index is 1.99. The number of anilines is 1. The smallest absolute Gasteiger partial charge is 0.0678 e. The molecule has 0 bridgehead atoms. The van der Waals surface area contributed by atoms with Crippen LogP contribution >= 0.6 is 11.5 Å². The van der Waals surface area contributed by atoms with Crippen molar-refractivity contribution in [2.75, 3.05) is 18.0 Å². The van der Waals surface area contributed by atoms with Crippen LogP contribution in [0.1, 0.15) is 12.8 Å². The fourth-order valence-corrected chi connectivity index (χ4v) is 2.06. The molecule has 0 amide bonds. The minimum Gasteiger partial charge on any atom is -0.369 e. The molecule has 0 unspecified atom stereocenters. The lowest BCUT2D eigenvalue weighted by molar-refractivity contribution is 0.501. The van der Waals surface area contributed by atoms with Gasteiger partial charge in [-0.3, -0.25) is 0 Å². The van der Waals surface area contributed by atoms with E-state index < -0.39 is 0 Å². The van der Waals surface area contributed by atoms with Crippen molar-refractivity contribution in [1.29, 1.82) is 0 Å². The standard InChI is InChI=1S/C8H13N3S/c9-7-1-3-11(4-2-7)8-5-10-12-6-8/h5-7H,1-4,9H2. The molecule has 0 saturated carbocycles. The molecule has 1 aliphatic heterocycles. The number of aromatic nitrogens is 1. The molecule has 0 aromatic carbocycles. The maximum Gasteiger partial charge on any atom is 0.0678 e. The molecule has 1 fully saturated rings. The van der Waals surface area contributed by atoms with E-state index in [9.17, 15) is 0 Å². The number of piperidine rings is 1. The van der Waals surface area contributed by atoms with Crippen molar-refractivity contribution in [3.63, 3.8) is 0 Å². The highest BCUT2D eigenvalue weighted by Crippen LogP contribution is 2.19. The largest absolute Gasteiger partial charge is 0.369 e. The average molecular weight is 183 g/mol. The lowest BCUT2D eigenvalue weighted by atomic mass is 10.1. The molecule has 0 aliphatic carbocycles. The molecule has 1 aliphatic rings. The predicted octanol–water partition coefficient (Wildman–Crippen LogP) is 1.07. The van der Waals surface area contributed by atoms with Crippen LogP contribution in [0.4, 0.5) is 5.69 Å². The Morgan fingerprint density at radius 1 is 1.50 bits per heavy atom. The molecule has 0 spiro atoms. The van der Waals surface area contributed by atoms with Gasteiger partial charge in [0.05, 0.1) is 11.9 Å². The molecular formula is C8H13N3S. The van der Waals surface area contributed by atoms with Crippen molar-refractivity contribution in [3.8, 4) is 0 Å². The Morgan fingerprint density at radius 3 is 2.83 bits per heavy atom. The van der Waals surface area contributed by atoms with Crippen molar-refractivity contribution in [3.05, 3.63) is 11.6 Å². The molecule has 4 heteroatoms. The predicted molar refractivity (Wildman–Crippen MR) is 51.5 cm³/mol. The van der Waals surface area contributed by atoms with Gasteiger partial charge in [-0.05, 0) is 24.4 Å². The monoisotopic (exact) mass is 183 g/mol. The first-order valence-electron chi connectivity index (χ1n) is 4.26. The van der Waals surface area contributed by atoms with Crippen molar-refractivity contribution < 1.29 is 0 Å². The molecule has 66 valence electrons. The van der Waals surface area contributed by atoms with E-state index in [-0.39, 0.29) is 0 Å². The van der Waals surface area contributed by atoms with Gasteiger partial charge in [0.25, 0.3) is 0 Å². The van der Waals surface area contributed by atoms with Gasteiger partial charge in [0, 0.05) is 24.5 Å². The first-order valence-corrected chi connectivity index (χ1v) is 5.10. The fraction of sp³-hybridized carbons (Fsp3) is 0.625. The lowest BCUT2D eigenvalue weighted by Crippen LogP contribution is -2.39. The summed E-state index contributed by atoms with van der Waals surface area (Å²) in [6.07, 6.45) is 4.15. The first-order chi connectivity index (χ1) is 5.86. The maximum absolute atomic E-state index is 5.81. The van der Waals surface area contributed by atoms with Crippen molar-refractivity contribution in [2.24, 2.45) is 5.73 Å². The molecular weight excluding hydrogens is 170 g/mol. The summed E-state index contributed by atoms with van der Waals surface area (Å²) in [6.45, 7) is 2.17. The highest BCUT2D eigenvalue weighted by molar-refractivity contribution is 7.04. The highest BCUT2D eigenvalue weighted by atomic mass is 32.1. The highest BCUT2D eigenvalue weighted by Gasteiger charge is 2.16. The molecule has 1 saturated heterocycles. The third kappa shape index (κ3) is 1.59. The van der Waals surface area contributed by atoms with Gasteiger partial charge in [-0.25, -0.2) is 0 Å². The molecule has 12 heavy (non-hydrogen) atoms. The van der Waals surface area contributed by atoms with Gasteiger partial charge in [-0.2, -0.15) is 4.37 Å². The third-order valence-corrected chi connectivity index (χ3v) is 2.90. The Morgan fingerprint density at radius 2 is 2.25 bits per heavy atom. The number of hydrogen-bond donors (Lipinski definition) is 1. The summed E-state index contributed by atoms with van der Waals surface area (Å²) in [5.41, 5.74) is 7.07. The number of nitrogens with zero attached hydrogens (tertiary/aromatic N) is 2. The van der Waals surface area contributed by atoms with Crippen LogP contribution in [-0.2, 0) is 0 Å². The third-order valence-electron chi connectivity index (χ3n) is 2.32. The topological polar surface area (TPSA) is 42.1 Å². The summed E-state index contributed by atoms with van der Waals surface area (Å²) in [6, 6.07) is 0.410. The van der Waals surface area contributed by atoms with Gasteiger partial charge >= 0.3 is 0 Å². The van der Waals surface area contributed by atoms with Gasteiger partial charge in [-0.15, -0.1) is 0 Å². The molecule has 2 N–H and O–H groups in total. The molecule has 0 atom stereocenters. The molecule has 2 heterocycles. The summed E-state index contributed by atoms with van der Waals surface area (Å²) < 4.78 is 4.09. The van der Waals surface area contributed by atoms with E-state index in [1.165, 1.54) is 17.2 Å². The quantitative estimate of drug-likeness (QED) is 0.708. The second-order valence-corrected chi connectivity index (χ2v) is 3.86. The second kappa shape index (κ2) is 3.41.